The minimum absolute atomic E-state index is 0.0299. The number of pyridine rings is 2. The first-order valence-corrected chi connectivity index (χ1v) is 15.5. The molecular formula is C33H38F3N7O2. The summed E-state index contributed by atoms with van der Waals surface area (Å²) in [5, 5.41) is 18.3. The lowest BCUT2D eigenvalue weighted by molar-refractivity contribution is -0.137. The first-order chi connectivity index (χ1) is 21.6. The third-order valence-electron chi connectivity index (χ3n) is 8.52. The molecule has 9 nitrogen and oxygen atoms in total. The van der Waals surface area contributed by atoms with Crippen molar-refractivity contribution in [2.45, 2.75) is 76.4 Å². The second-order valence-electron chi connectivity index (χ2n) is 11.8. The Morgan fingerprint density at radius 1 is 0.978 bits per heavy atom. The monoisotopic (exact) mass is 621 g/mol. The van der Waals surface area contributed by atoms with Crippen LogP contribution in [0.2, 0.25) is 0 Å². The molecule has 1 saturated carbocycles. The molecule has 2 aromatic heterocycles. The highest BCUT2D eigenvalue weighted by molar-refractivity contribution is 6.17. The fraction of sp³-hybridized carbons (Fsp3) is 0.424. The number of hydrogen-bond donors (Lipinski definition) is 5. The van der Waals surface area contributed by atoms with Crippen LogP contribution in [0.25, 0.3) is 0 Å². The van der Waals surface area contributed by atoms with Crippen molar-refractivity contribution in [1.29, 1.82) is 5.41 Å². The van der Waals surface area contributed by atoms with Crippen molar-refractivity contribution in [3.05, 3.63) is 76.6 Å². The normalized spacial score (nSPS) is 19.6. The summed E-state index contributed by atoms with van der Waals surface area (Å²) in [6, 6.07) is 7.83. The summed E-state index contributed by atoms with van der Waals surface area (Å²) in [7, 11) is 0. The summed E-state index contributed by atoms with van der Waals surface area (Å²) in [6.07, 6.45) is 7.39. The van der Waals surface area contributed by atoms with Crippen LogP contribution in [0, 0.1) is 11.3 Å². The van der Waals surface area contributed by atoms with Crippen molar-refractivity contribution in [3.8, 4) is 0 Å². The predicted molar refractivity (Wildman–Crippen MR) is 167 cm³/mol. The van der Waals surface area contributed by atoms with Crippen LogP contribution in [0.1, 0.15) is 90.4 Å². The van der Waals surface area contributed by atoms with E-state index in [-0.39, 0.29) is 40.8 Å². The average molecular weight is 622 g/mol. The van der Waals surface area contributed by atoms with Crippen molar-refractivity contribution in [2.75, 3.05) is 22.9 Å². The van der Waals surface area contributed by atoms with Gasteiger partial charge in [0.1, 0.15) is 11.6 Å². The predicted octanol–water partition coefficient (Wildman–Crippen LogP) is 6.34. The number of nitrogens with one attached hydrogen (secondary N) is 4. The molecule has 1 aromatic carbocycles. The zero-order valence-electron chi connectivity index (χ0n) is 25.0. The topological polar surface area (TPSA) is 146 Å². The molecule has 45 heavy (non-hydrogen) atoms. The van der Waals surface area contributed by atoms with Gasteiger partial charge in [0, 0.05) is 42.0 Å². The number of fused-ring (bicyclic) bond motifs is 3. The minimum atomic E-state index is -4.56. The SMILES string of the molecule is N=C(c1ccc(C(=O)Nc2cc(C(F)(F)F)ccn2)cc1)c1c(N)ncc2c1N[C@@H]1CCC[C@H](C1)C(=O)NCCCCCCC2. The Balaban J connectivity index is 1.39. The molecule has 0 unspecified atom stereocenters. The third-order valence-corrected chi connectivity index (χ3v) is 8.52. The molecule has 3 heterocycles. The van der Waals surface area contributed by atoms with Crippen LogP contribution in [-0.2, 0) is 17.4 Å². The Morgan fingerprint density at radius 3 is 2.49 bits per heavy atom. The number of nitrogens with two attached hydrogens (primary N) is 1. The van der Waals surface area contributed by atoms with Gasteiger partial charge in [0.2, 0.25) is 5.91 Å². The first kappa shape index (κ1) is 31.9. The van der Waals surface area contributed by atoms with E-state index in [4.69, 9.17) is 11.1 Å². The Morgan fingerprint density at radius 2 is 1.71 bits per heavy atom. The molecular weight excluding hydrogens is 583 g/mol. The van der Waals surface area contributed by atoms with Gasteiger partial charge in [-0.1, -0.05) is 37.8 Å². The van der Waals surface area contributed by atoms with E-state index in [1.165, 1.54) is 12.1 Å². The van der Waals surface area contributed by atoms with Crippen LogP contribution >= 0.6 is 0 Å². The quantitative estimate of drug-likeness (QED) is 0.215. The number of nitrogens with zero attached hydrogens (tertiary/aromatic N) is 2. The first-order valence-electron chi connectivity index (χ1n) is 15.5. The van der Waals surface area contributed by atoms with Gasteiger partial charge >= 0.3 is 6.18 Å². The number of amides is 2. The molecule has 1 aliphatic carbocycles. The molecule has 1 aliphatic heterocycles. The lowest BCUT2D eigenvalue weighted by Crippen LogP contribution is -2.38. The molecule has 3 aromatic rings. The van der Waals surface area contributed by atoms with Crippen molar-refractivity contribution < 1.29 is 22.8 Å². The van der Waals surface area contributed by atoms with Crippen molar-refractivity contribution in [1.82, 2.24) is 15.3 Å². The number of carbonyl (C=O) groups excluding carboxylic acids is 2. The molecule has 0 radical (unpaired) electrons. The molecule has 2 amide bonds. The van der Waals surface area contributed by atoms with Gasteiger partial charge in [-0.15, -0.1) is 0 Å². The van der Waals surface area contributed by atoms with Crippen LogP contribution in [0.5, 0.6) is 0 Å². The number of aryl methyl sites for hydroxylation is 1. The summed E-state index contributed by atoms with van der Waals surface area (Å²) >= 11 is 0. The van der Waals surface area contributed by atoms with Gasteiger partial charge in [-0.3, -0.25) is 15.0 Å². The van der Waals surface area contributed by atoms with E-state index in [1.54, 1.807) is 18.3 Å². The fourth-order valence-electron chi connectivity index (χ4n) is 6.06. The van der Waals surface area contributed by atoms with E-state index in [0.717, 1.165) is 87.4 Å². The maximum absolute atomic E-state index is 13.1. The molecule has 0 saturated heterocycles. The standard InChI is InChI=1S/C33H38F3N7O2/c34-33(35,36)24-14-16-39-26(18-24)43-32(45)21-12-10-20(11-13-21)28(37)27-29-23(19-41-30(27)38)7-4-2-1-3-5-15-40-31(44)22-8-6-9-25(17-22)42-29/h10-14,16,18-19,22,25,37,42H,1-9,15,17H2,(H2,38,41)(H,40,44)(H,39,43,45)/t22-,25-/m1/s1. The zero-order chi connectivity index (χ0) is 32.0. The van der Waals surface area contributed by atoms with E-state index < -0.39 is 17.6 Å². The number of carbonyl (C=O) groups is 2. The van der Waals surface area contributed by atoms with Gasteiger partial charge in [0.05, 0.1) is 22.5 Å². The minimum Gasteiger partial charge on any atom is -0.383 e. The number of halogens is 3. The van der Waals surface area contributed by atoms with Crippen LogP contribution in [0.15, 0.2) is 48.8 Å². The highest BCUT2D eigenvalue weighted by Gasteiger charge is 2.31. The molecule has 12 heteroatoms. The van der Waals surface area contributed by atoms with Crippen LogP contribution in [-0.4, -0.2) is 40.1 Å². The maximum Gasteiger partial charge on any atom is 0.416 e. The molecule has 6 N–H and O–H groups in total. The summed E-state index contributed by atoms with van der Waals surface area (Å²) in [5.41, 5.74) is 8.49. The van der Waals surface area contributed by atoms with Gasteiger partial charge in [-0.2, -0.15) is 13.2 Å². The fourth-order valence-corrected chi connectivity index (χ4v) is 6.06. The third kappa shape index (κ3) is 7.98. The molecule has 5 rings (SSSR count). The van der Waals surface area contributed by atoms with E-state index >= 15 is 0 Å². The van der Waals surface area contributed by atoms with Crippen molar-refractivity contribution in [2.24, 2.45) is 5.92 Å². The average Bonchev–Trinajstić information content (AvgIpc) is 3.03. The van der Waals surface area contributed by atoms with Crippen LogP contribution < -0.4 is 21.7 Å². The number of benzene rings is 1. The van der Waals surface area contributed by atoms with E-state index in [0.29, 0.717) is 24.1 Å². The Kier molecular flexibility index (Phi) is 9.99. The number of rotatable bonds is 4. The van der Waals surface area contributed by atoms with Crippen LogP contribution in [0.4, 0.5) is 30.5 Å². The van der Waals surface area contributed by atoms with E-state index in [1.807, 2.05) is 0 Å². The summed E-state index contributed by atoms with van der Waals surface area (Å²) in [6.45, 7) is 0.706. The Labute approximate surface area is 260 Å². The van der Waals surface area contributed by atoms with Crippen molar-refractivity contribution in [3.63, 3.8) is 0 Å². The summed E-state index contributed by atoms with van der Waals surface area (Å²) < 4.78 is 39.2. The van der Waals surface area contributed by atoms with Crippen molar-refractivity contribution >= 4 is 34.8 Å². The summed E-state index contributed by atoms with van der Waals surface area (Å²) in [5.74, 6) is -0.623. The largest absolute Gasteiger partial charge is 0.416 e. The number of hydrogen-bond acceptors (Lipinski definition) is 7. The number of anilines is 3. The number of aromatic nitrogens is 2. The second-order valence-corrected chi connectivity index (χ2v) is 11.8. The van der Waals surface area contributed by atoms with E-state index in [2.05, 4.69) is 25.9 Å². The highest BCUT2D eigenvalue weighted by Crippen LogP contribution is 2.34. The number of nitrogen functional groups attached to an aromatic ring is 1. The molecule has 1 fully saturated rings. The molecule has 2 atom stereocenters. The van der Waals surface area contributed by atoms with Gasteiger partial charge in [-0.25, -0.2) is 9.97 Å². The zero-order valence-corrected chi connectivity index (χ0v) is 25.0. The smallest absolute Gasteiger partial charge is 0.383 e. The van der Waals surface area contributed by atoms with Gasteiger partial charge in [0.15, 0.2) is 0 Å². The lowest BCUT2D eigenvalue weighted by atomic mass is 9.84. The Bertz CT molecular complexity index is 1540. The maximum atomic E-state index is 13.1. The van der Waals surface area contributed by atoms with Gasteiger partial charge < -0.3 is 21.7 Å². The molecule has 2 bridgehead atoms. The lowest BCUT2D eigenvalue weighted by Gasteiger charge is -2.31. The summed E-state index contributed by atoms with van der Waals surface area (Å²) in [4.78, 5) is 33.9. The molecule has 2 aliphatic rings. The van der Waals surface area contributed by atoms with E-state index in [9.17, 15) is 22.8 Å². The van der Waals surface area contributed by atoms with Gasteiger partial charge in [-0.05, 0) is 68.4 Å². The van der Waals surface area contributed by atoms with Gasteiger partial charge in [0.25, 0.3) is 5.91 Å². The number of alkyl halides is 3. The highest BCUT2D eigenvalue weighted by atomic mass is 19.4. The Hall–Kier alpha value is -4.48. The second kappa shape index (κ2) is 14.1. The van der Waals surface area contributed by atoms with Crippen LogP contribution in [0.3, 0.4) is 0 Å². The molecule has 238 valence electrons. The molecule has 0 spiro atoms.